The number of nitro benzene ring substituents is 1. The molecule has 0 aromatic heterocycles. The molecule has 0 fully saturated rings. The fourth-order valence-corrected chi connectivity index (χ4v) is 1.85. The van der Waals surface area contributed by atoms with Crippen LogP contribution >= 0.6 is 0 Å². The fraction of sp³-hybridized carbons (Fsp3) is 0.118. The Morgan fingerprint density at radius 3 is 2.50 bits per heavy atom. The van der Waals surface area contributed by atoms with Gasteiger partial charge >= 0.3 is 0 Å². The summed E-state index contributed by atoms with van der Waals surface area (Å²) in [5, 5.41) is 10.7. The second-order valence-corrected chi connectivity index (χ2v) is 4.90. The van der Waals surface area contributed by atoms with E-state index in [0.29, 0.717) is 5.69 Å². The van der Waals surface area contributed by atoms with Crippen molar-refractivity contribution in [2.45, 2.75) is 0 Å². The number of hydrogen-bond acceptors (Lipinski definition) is 4. The van der Waals surface area contributed by atoms with Crippen molar-refractivity contribution in [3.05, 3.63) is 70.3 Å². The van der Waals surface area contributed by atoms with Crippen LogP contribution in [0, 0.1) is 10.1 Å². The number of aliphatic imine (C=N–C) groups is 1. The Bertz CT molecular complexity index is 704. The average Bonchev–Trinajstić information content (AvgIpc) is 2.52. The largest absolute Gasteiger partial charge is 0.378 e. The third-order valence-electron chi connectivity index (χ3n) is 3.05. The van der Waals surface area contributed by atoms with Gasteiger partial charge in [0, 0.05) is 38.1 Å². The molecule has 0 saturated heterocycles. The van der Waals surface area contributed by atoms with Crippen molar-refractivity contribution >= 4 is 29.4 Å². The Morgan fingerprint density at radius 1 is 1.14 bits per heavy atom. The van der Waals surface area contributed by atoms with Crippen LogP contribution in [0.15, 0.2) is 59.6 Å². The molecule has 0 aliphatic carbocycles. The maximum Gasteiger partial charge on any atom is 0.271 e. The van der Waals surface area contributed by atoms with Gasteiger partial charge in [-0.1, -0.05) is 24.3 Å². The lowest BCUT2D eigenvalue weighted by Gasteiger charge is -2.11. The molecule has 2 aromatic carbocycles. The molecular weight excluding hydrogens is 278 g/mol. The molecule has 0 radical (unpaired) electrons. The van der Waals surface area contributed by atoms with Crippen molar-refractivity contribution < 1.29 is 4.92 Å². The normalized spacial score (nSPS) is 11.2. The summed E-state index contributed by atoms with van der Waals surface area (Å²) in [6.45, 7) is 0. The van der Waals surface area contributed by atoms with E-state index in [2.05, 4.69) is 4.99 Å². The van der Waals surface area contributed by atoms with Gasteiger partial charge < -0.3 is 4.90 Å². The molecule has 22 heavy (non-hydrogen) atoms. The molecule has 0 heterocycles. The number of rotatable bonds is 5. The predicted octanol–water partition coefficient (Wildman–Crippen LogP) is 4.08. The van der Waals surface area contributed by atoms with Gasteiger partial charge in [-0.05, 0) is 29.8 Å². The van der Waals surface area contributed by atoms with Gasteiger partial charge in [-0.2, -0.15) is 0 Å². The van der Waals surface area contributed by atoms with E-state index in [-0.39, 0.29) is 5.69 Å². The first kappa shape index (κ1) is 15.4. The average molecular weight is 295 g/mol. The van der Waals surface area contributed by atoms with E-state index in [1.54, 1.807) is 18.3 Å². The van der Waals surface area contributed by atoms with Crippen LogP contribution in [0.25, 0.3) is 6.08 Å². The van der Waals surface area contributed by atoms with E-state index >= 15 is 0 Å². The van der Waals surface area contributed by atoms with Crippen LogP contribution in [0.3, 0.4) is 0 Å². The minimum absolute atomic E-state index is 0.0397. The molecule has 0 atom stereocenters. The van der Waals surface area contributed by atoms with Crippen molar-refractivity contribution in [3.8, 4) is 0 Å². The van der Waals surface area contributed by atoms with Crippen LogP contribution in [-0.4, -0.2) is 25.2 Å². The quantitative estimate of drug-likeness (QED) is 0.474. The summed E-state index contributed by atoms with van der Waals surface area (Å²) in [7, 11) is 3.99. The van der Waals surface area contributed by atoms with Crippen LogP contribution in [-0.2, 0) is 0 Å². The highest BCUT2D eigenvalue weighted by molar-refractivity contribution is 5.80. The van der Waals surface area contributed by atoms with Gasteiger partial charge in [0.15, 0.2) is 0 Å². The first-order valence-corrected chi connectivity index (χ1v) is 6.79. The molecule has 0 bridgehead atoms. The fourth-order valence-electron chi connectivity index (χ4n) is 1.85. The molecular formula is C17H17N3O2. The van der Waals surface area contributed by atoms with Crippen molar-refractivity contribution in [1.82, 2.24) is 0 Å². The highest BCUT2D eigenvalue weighted by Crippen LogP contribution is 2.19. The van der Waals surface area contributed by atoms with Gasteiger partial charge in [-0.15, -0.1) is 0 Å². The number of nitrogens with zero attached hydrogens (tertiary/aromatic N) is 3. The summed E-state index contributed by atoms with van der Waals surface area (Å²) >= 11 is 0. The molecule has 0 saturated carbocycles. The van der Waals surface area contributed by atoms with Gasteiger partial charge in [-0.3, -0.25) is 15.1 Å². The van der Waals surface area contributed by atoms with Crippen molar-refractivity contribution in [3.63, 3.8) is 0 Å². The molecule has 2 aromatic rings. The highest BCUT2D eigenvalue weighted by Gasteiger charge is 2.03. The van der Waals surface area contributed by atoms with Gasteiger partial charge in [0.25, 0.3) is 5.69 Å². The van der Waals surface area contributed by atoms with E-state index in [0.717, 1.165) is 11.3 Å². The molecule has 0 aliphatic heterocycles. The topological polar surface area (TPSA) is 58.7 Å². The highest BCUT2D eigenvalue weighted by atomic mass is 16.6. The monoisotopic (exact) mass is 295 g/mol. The third kappa shape index (κ3) is 4.28. The number of benzene rings is 2. The van der Waals surface area contributed by atoms with Gasteiger partial charge in [0.2, 0.25) is 0 Å². The molecule has 0 amide bonds. The first-order valence-electron chi connectivity index (χ1n) is 6.79. The number of anilines is 1. The SMILES string of the molecule is CN(C)c1ccc(/C=C/C=Nc2cccc([N+](=O)[O-])c2)cc1. The maximum absolute atomic E-state index is 10.7. The summed E-state index contributed by atoms with van der Waals surface area (Å²) in [5.74, 6) is 0. The Labute approximate surface area is 129 Å². The standard InChI is InChI=1S/C17H17N3O2/c1-19(2)16-10-8-14(9-11-16)5-4-12-18-15-6-3-7-17(13-15)20(21)22/h3-13H,1-2H3/b5-4+,18-12?. The smallest absolute Gasteiger partial charge is 0.271 e. The summed E-state index contributed by atoms with van der Waals surface area (Å²) in [6.07, 6.45) is 5.36. The summed E-state index contributed by atoms with van der Waals surface area (Å²) in [5.41, 5.74) is 2.80. The number of nitro groups is 1. The predicted molar refractivity (Wildman–Crippen MR) is 91.1 cm³/mol. The molecule has 5 nitrogen and oxygen atoms in total. The van der Waals surface area contributed by atoms with Crippen LogP contribution < -0.4 is 4.90 Å². The second-order valence-electron chi connectivity index (χ2n) is 4.90. The van der Waals surface area contributed by atoms with E-state index in [4.69, 9.17) is 0 Å². The summed E-state index contributed by atoms with van der Waals surface area (Å²) in [4.78, 5) is 16.5. The van der Waals surface area contributed by atoms with Gasteiger partial charge in [0.05, 0.1) is 10.6 Å². The molecule has 0 spiro atoms. The van der Waals surface area contributed by atoms with Crippen LogP contribution in [0.5, 0.6) is 0 Å². The molecule has 0 aliphatic rings. The molecule has 0 N–H and O–H groups in total. The van der Waals surface area contributed by atoms with Crippen molar-refractivity contribution in [2.24, 2.45) is 4.99 Å². The number of allylic oxidation sites excluding steroid dienone is 1. The van der Waals surface area contributed by atoms with Crippen LogP contribution in [0.2, 0.25) is 0 Å². The van der Waals surface area contributed by atoms with E-state index in [1.165, 1.54) is 12.1 Å². The van der Waals surface area contributed by atoms with Crippen molar-refractivity contribution in [1.29, 1.82) is 0 Å². The first-order chi connectivity index (χ1) is 10.6. The van der Waals surface area contributed by atoms with E-state index < -0.39 is 4.92 Å². The summed E-state index contributed by atoms with van der Waals surface area (Å²) < 4.78 is 0. The Balaban J connectivity index is 2.02. The van der Waals surface area contributed by atoms with Crippen LogP contribution in [0.1, 0.15) is 5.56 Å². The summed E-state index contributed by atoms with van der Waals surface area (Å²) in [6, 6.07) is 14.4. The second kappa shape index (κ2) is 7.17. The van der Waals surface area contributed by atoms with E-state index in [9.17, 15) is 10.1 Å². The minimum atomic E-state index is -0.429. The Hall–Kier alpha value is -2.95. The lowest BCUT2D eigenvalue weighted by molar-refractivity contribution is -0.384. The third-order valence-corrected chi connectivity index (χ3v) is 3.05. The lowest BCUT2D eigenvalue weighted by atomic mass is 10.2. The molecule has 5 heteroatoms. The Morgan fingerprint density at radius 2 is 1.86 bits per heavy atom. The zero-order valence-corrected chi connectivity index (χ0v) is 12.5. The zero-order valence-electron chi connectivity index (χ0n) is 12.5. The van der Waals surface area contributed by atoms with Crippen LogP contribution in [0.4, 0.5) is 17.1 Å². The molecule has 0 unspecified atom stereocenters. The number of non-ortho nitro benzene ring substituents is 1. The van der Waals surface area contributed by atoms with E-state index in [1.807, 2.05) is 55.4 Å². The zero-order chi connectivity index (χ0) is 15.9. The maximum atomic E-state index is 10.7. The minimum Gasteiger partial charge on any atom is -0.378 e. The molecule has 2 rings (SSSR count). The van der Waals surface area contributed by atoms with Gasteiger partial charge in [-0.25, -0.2) is 0 Å². The lowest BCUT2D eigenvalue weighted by Crippen LogP contribution is -2.07. The van der Waals surface area contributed by atoms with Gasteiger partial charge in [0.1, 0.15) is 0 Å². The number of hydrogen-bond donors (Lipinski definition) is 0. The molecule has 112 valence electrons. The van der Waals surface area contributed by atoms with Crippen molar-refractivity contribution in [2.75, 3.05) is 19.0 Å². The Kier molecular flexibility index (Phi) is 5.03.